The Morgan fingerprint density at radius 2 is 1.57 bits per heavy atom. The Morgan fingerprint density at radius 3 is 2.27 bits per heavy atom. The van der Waals surface area contributed by atoms with Crippen molar-refractivity contribution in [2.24, 2.45) is 0 Å². The van der Waals surface area contributed by atoms with E-state index in [0.717, 1.165) is 23.0 Å². The second kappa shape index (κ2) is 7.67. The predicted molar refractivity (Wildman–Crippen MR) is 107 cm³/mol. The van der Waals surface area contributed by atoms with E-state index >= 15 is 0 Å². The van der Waals surface area contributed by atoms with Crippen molar-refractivity contribution in [3.63, 3.8) is 0 Å². The lowest BCUT2D eigenvalue weighted by Gasteiger charge is -2.09. The fourth-order valence-electron chi connectivity index (χ4n) is 3.31. The molecule has 152 valence electrons. The summed E-state index contributed by atoms with van der Waals surface area (Å²) in [5.41, 5.74) is 1.18. The maximum absolute atomic E-state index is 13.9. The van der Waals surface area contributed by atoms with Gasteiger partial charge in [0.05, 0.1) is 22.3 Å². The number of para-hydroxylation sites is 1. The standard InChI is InChI=1S/C23H16F4N2O/c24-19-7-3-1-5-17(19)22(30)28-20-14-29(21-8-4-2-6-18(20)21)13-15-9-11-16(12-10-15)23(25,26)27/h1-12,14H,13H2,(H,28,30). The Kier molecular flexibility index (Phi) is 5.03. The van der Waals surface area contributed by atoms with Crippen molar-refractivity contribution in [2.75, 3.05) is 5.32 Å². The van der Waals surface area contributed by atoms with E-state index in [0.29, 0.717) is 17.8 Å². The summed E-state index contributed by atoms with van der Waals surface area (Å²) in [4.78, 5) is 12.5. The highest BCUT2D eigenvalue weighted by Crippen LogP contribution is 2.30. The number of benzene rings is 3. The van der Waals surface area contributed by atoms with Gasteiger partial charge in [-0.2, -0.15) is 13.2 Å². The van der Waals surface area contributed by atoms with E-state index in [4.69, 9.17) is 0 Å². The second-order valence-electron chi connectivity index (χ2n) is 6.82. The van der Waals surface area contributed by atoms with Gasteiger partial charge < -0.3 is 9.88 Å². The number of hydrogen-bond acceptors (Lipinski definition) is 1. The van der Waals surface area contributed by atoms with E-state index in [1.54, 1.807) is 12.3 Å². The molecule has 30 heavy (non-hydrogen) atoms. The van der Waals surface area contributed by atoms with Gasteiger partial charge in [0.2, 0.25) is 0 Å². The first-order valence-corrected chi connectivity index (χ1v) is 9.13. The number of aromatic nitrogens is 1. The summed E-state index contributed by atoms with van der Waals surface area (Å²) < 4.78 is 54.1. The molecule has 0 aliphatic heterocycles. The minimum atomic E-state index is -4.39. The fourth-order valence-corrected chi connectivity index (χ4v) is 3.31. The van der Waals surface area contributed by atoms with Crippen molar-refractivity contribution >= 4 is 22.5 Å². The zero-order valence-electron chi connectivity index (χ0n) is 15.6. The Labute approximate surface area is 169 Å². The van der Waals surface area contributed by atoms with Gasteiger partial charge in [-0.3, -0.25) is 4.79 Å². The molecule has 4 rings (SSSR count). The third kappa shape index (κ3) is 3.91. The Balaban J connectivity index is 1.64. The summed E-state index contributed by atoms with van der Waals surface area (Å²) in [6.45, 7) is 0.314. The topological polar surface area (TPSA) is 34.0 Å². The molecule has 1 amide bonds. The quantitative estimate of drug-likeness (QED) is 0.404. The third-order valence-corrected chi connectivity index (χ3v) is 4.79. The van der Waals surface area contributed by atoms with E-state index < -0.39 is 23.5 Å². The first-order chi connectivity index (χ1) is 14.3. The molecule has 0 fully saturated rings. The number of nitrogens with zero attached hydrogens (tertiary/aromatic N) is 1. The smallest absolute Gasteiger partial charge is 0.341 e. The van der Waals surface area contributed by atoms with Gasteiger partial charge >= 0.3 is 6.18 Å². The SMILES string of the molecule is O=C(Nc1cn(Cc2ccc(C(F)(F)F)cc2)c2ccccc12)c1ccccc1F. The summed E-state index contributed by atoms with van der Waals surface area (Å²) in [6.07, 6.45) is -2.69. The van der Waals surface area contributed by atoms with Gasteiger partial charge in [0.15, 0.2) is 0 Å². The van der Waals surface area contributed by atoms with E-state index in [-0.39, 0.29) is 5.56 Å². The van der Waals surface area contributed by atoms with Crippen LogP contribution in [-0.4, -0.2) is 10.5 Å². The van der Waals surface area contributed by atoms with Crippen molar-refractivity contribution < 1.29 is 22.4 Å². The summed E-state index contributed by atoms with van der Waals surface area (Å²) in [7, 11) is 0. The van der Waals surface area contributed by atoms with Gasteiger partial charge in [0, 0.05) is 18.1 Å². The molecule has 0 atom stereocenters. The first kappa shape index (κ1) is 19.7. The lowest BCUT2D eigenvalue weighted by atomic mass is 10.1. The summed E-state index contributed by atoms with van der Waals surface area (Å²) in [5.74, 6) is -1.20. The molecule has 3 aromatic carbocycles. The van der Waals surface area contributed by atoms with Gasteiger partial charge in [-0.1, -0.05) is 42.5 Å². The molecule has 4 aromatic rings. The number of halogens is 4. The van der Waals surface area contributed by atoms with Crippen LogP contribution in [0.15, 0.2) is 79.0 Å². The normalized spacial score (nSPS) is 11.6. The summed E-state index contributed by atoms with van der Waals surface area (Å²) in [5, 5.41) is 3.47. The van der Waals surface area contributed by atoms with Crippen LogP contribution >= 0.6 is 0 Å². The molecule has 0 saturated heterocycles. The highest BCUT2D eigenvalue weighted by Gasteiger charge is 2.29. The molecule has 0 saturated carbocycles. The van der Waals surface area contributed by atoms with Crippen LogP contribution in [0.3, 0.4) is 0 Å². The average Bonchev–Trinajstić information content (AvgIpc) is 3.05. The highest BCUT2D eigenvalue weighted by atomic mass is 19.4. The Hall–Kier alpha value is -3.61. The molecule has 1 aromatic heterocycles. The molecule has 0 radical (unpaired) electrons. The van der Waals surface area contributed by atoms with Crippen molar-refractivity contribution in [2.45, 2.75) is 12.7 Å². The molecule has 3 nitrogen and oxygen atoms in total. The molecule has 0 spiro atoms. The summed E-state index contributed by atoms with van der Waals surface area (Å²) >= 11 is 0. The number of carbonyl (C=O) groups excluding carboxylic acids is 1. The number of carbonyl (C=O) groups is 1. The number of anilines is 1. The van der Waals surface area contributed by atoms with Crippen LogP contribution in [0.5, 0.6) is 0 Å². The number of hydrogen-bond donors (Lipinski definition) is 1. The zero-order valence-corrected chi connectivity index (χ0v) is 15.6. The monoisotopic (exact) mass is 412 g/mol. The number of rotatable bonds is 4. The maximum Gasteiger partial charge on any atom is 0.416 e. The lowest BCUT2D eigenvalue weighted by molar-refractivity contribution is -0.137. The maximum atomic E-state index is 13.9. The molecule has 0 aliphatic carbocycles. The molecule has 1 N–H and O–H groups in total. The minimum Gasteiger partial charge on any atom is -0.341 e. The van der Waals surface area contributed by atoms with Crippen LogP contribution in [-0.2, 0) is 12.7 Å². The van der Waals surface area contributed by atoms with Gasteiger partial charge in [-0.15, -0.1) is 0 Å². The molecule has 0 aliphatic rings. The second-order valence-corrected chi connectivity index (χ2v) is 6.82. The van der Waals surface area contributed by atoms with Crippen molar-refractivity contribution in [3.8, 4) is 0 Å². The zero-order chi connectivity index (χ0) is 21.3. The van der Waals surface area contributed by atoms with Crippen LogP contribution in [0, 0.1) is 5.82 Å². The van der Waals surface area contributed by atoms with Gasteiger partial charge in [-0.25, -0.2) is 4.39 Å². The van der Waals surface area contributed by atoms with E-state index in [2.05, 4.69) is 5.32 Å². The minimum absolute atomic E-state index is 0.0722. The van der Waals surface area contributed by atoms with Gasteiger partial charge in [-0.05, 0) is 35.9 Å². The number of fused-ring (bicyclic) bond motifs is 1. The number of amides is 1. The first-order valence-electron chi connectivity index (χ1n) is 9.13. The van der Waals surface area contributed by atoms with E-state index in [1.165, 1.54) is 30.3 Å². The molecule has 0 bridgehead atoms. The average molecular weight is 412 g/mol. The van der Waals surface area contributed by atoms with Crippen molar-refractivity contribution in [3.05, 3.63) is 102 Å². The molecular formula is C23H16F4N2O. The van der Waals surface area contributed by atoms with Crippen molar-refractivity contribution in [1.82, 2.24) is 4.57 Å². The number of alkyl halides is 3. The van der Waals surface area contributed by atoms with Crippen LogP contribution in [0.4, 0.5) is 23.2 Å². The Morgan fingerprint density at radius 1 is 0.900 bits per heavy atom. The van der Waals surface area contributed by atoms with Crippen LogP contribution in [0.25, 0.3) is 10.9 Å². The molecule has 0 unspecified atom stereocenters. The van der Waals surface area contributed by atoms with Gasteiger partial charge in [0.1, 0.15) is 5.82 Å². The Bertz CT molecular complexity index is 1210. The fraction of sp³-hybridized carbons (Fsp3) is 0.0870. The predicted octanol–water partition coefficient (Wildman–Crippen LogP) is 6.10. The highest BCUT2D eigenvalue weighted by molar-refractivity contribution is 6.09. The van der Waals surface area contributed by atoms with Crippen LogP contribution in [0.1, 0.15) is 21.5 Å². The largest absolute Gasteiger partial charge is 0.416 e. The third-order valence-electron chi connectivity index (χ3n) is 4.79. The van der Waals surface area contributed by atoms with Crippen LogP contribution < -0.4 is 5.32 Å². The molecule has 1 heterocycles. The van der Waals surface area contributed by atoms with E-state index in [1.807, 2.05) is 28.8 Å². The lowest BCUT2D eigenvalue weighted by Crippen LogP contribution is -2.13. The van der Waals surface area contributed by atoms with E-state index in [9.17, 15) is 22.4 Å². The molecular weight excluding hydrogens is 396 g/mol. The number of nitrogens with one attached hydrogen (secondary N) is 1. The van der Waals surface area contributed by atoms with Crippen molar-refractivity contribution in [1.29, 1.82) is 0 Å². The van der Waals surface area contributed by atoms with Gasteiger partial charge in [0.25, 0.3) is 5.91 Å². The summed E-state index contributed by atoms with van der Waals surface area (Å²) in [6, 6.07) is 17.9. The van der Waals surface area contributed by atoms with Crippen LogP contribution in [0.2, 0.25) is 0 Å². The molecule has 7 heteroatoms.